The summed E-state index contributed by atoms with van der Waals surface area (Å²) in [5, 5.41) is 18.6. The van der Waals surface area contributed by atoms with Crippen molar-refractivity contribution in [3.8, 4) is 0 Å². The van der Waals surface area contributed by atoms with Gasteiger partial charge in [-0.1, -0.05) is 60.7 Å². The van der Waals surface area contributed by atoms with Gasteiger partial charge >= 0.3 is 5.97 Å². The van der Waals surface area contributed by atoms with Gasteiger partial charge in [0.1, 0.15) is 6.10 Å². The van der Waals surface area contributed by atoms with Crippen LogP contribution in [0.2, 0.25) is 0 Å². The van der Waals surface area contributed by atoms with Crippen LogP contribution in [0.5, 0.6) is 0 Å². The maximum atomic E-state index is 13.4. The molecule has 0 aliphatic carbocycles. The summed E-state index contributed by atoms with van der Waals surface area (Å²) in [5.74, 6) is -0.547. The van der Waals surface area contributed by atoms with Crippen LogP contribution >= 0.6 is 0 Å². The molecule has 3 heterocycles. The molecule has 0 aromatic heterocycles. The summed E-state index contributed by atoms with van der Waals surface area (Å²) < 4.78 is 7.32. The number of esters is 1. The van der Waals surface area contributed by atoms with E-state index >= 15 is 0 Å². The lowest BCUT2D eigenvalue weighted by atomic mass is 9.86. The number of aliphatic hydroxyl groups is 2. The Morgan fingerprint density at radius 1 is 0.875 bits per heavy atom. The van der Waals surface area contributed by atoms with Gasteiger partial charge in [-0.2, -0.15) is 0 Å². The summed E-state index contributed by atoms with van der Waals surface area (Å²) >= 11 is 0. The van der Waals surface area contributed by atoms with Gasteiger partial charge in [-0.15, -0.1) is 0 Å². The molecule has 3 aliphatic rings. The van der Waals surface area contributed by atoms with Gasteiger partial charge in [0.2, 0.25) is 5.60 Å². The van der Waals surface area contributed by atoms with Crippen LogP contribution in [0.3, 0.4) is 0 Å². The van der Waals surface area contributed by atoms with Gasteiger partial charge in [0.05, 0.1) is 25.2 Å². The number of hydrogen-bond acceptors (Lipinski definition) is 4. The molecule has 0 amide bonds. The number of nitrogens with zero attached hydrogens (tertiary/aromatic N) is 1. The molecule has 2 aromatic rings. The van der Waals surface area contributed by atoms with Crippen LogP contribution in [0.1, 0.15) is 49.7 Å². The van der Waals surface area contributed by atoms with Crippen molar-refractivity contribution in [3.05, 3.63) is 71.8 Å². The summed E-state index contributed by atoms with van der Waals surface area (Å²) in [6.45, 7) is 2.60. The quantitative estimate of drug-likeness (QED) is 0.512. The molecule has 3 fully saturated rings. The van der Waals surface area contributed by atoms with E-state index < -0.39 is 11.6 Å². The zero-order valence-corrected chi connectivity index (χ0v) is 19.5. The molecule has 6 heteroatoms. The fourth-order valence-electron chi connectivity index (χ4n) is 6.30. The second-order valence-electron chi connectivity index (χ2n) is 9.08. The number of benzene rings is 2. The van der Waals surface area contributed by atoms with Crippen LogP contribution in [-0.4, -0.2) is 59.1 Å². The van der Waals surface area contributed by atoms with Crippen molar-refractivity contribution in [3.63, 3.8) is 0 Å². The van der Waals surface area contributed by atoms with Crippen LogP contribution in [0.15, 0.2) is 60.7 Å². The largest absolute Gasteiger partial charge is 1.00 e. The third-order valence-electron chi connectivity index (χ3n) is 7.71. The highest BCUT2D eigenvalue weighted by Crippen LogP contribution is 2.46. The molecule has 3 atom stereocenters. The van der Waals surface area contributed by atoms with E-state index in [2.05, 4.69) is 0 Å². The fourth-order valence-corrected chi connectivity index (χ4v) is 6.30. The molecule has 2 N–H and O–H groups in total. The van der Waals surface area contributed by atoms with E-state index in [-0.39, 0.29) is 18.5 Å². The molecule has 5 rings (SSSR count). The molecule has 2 bridgehead atoms. The summed E-state index contributed by atoms with van der Waals surface area (Å²) in [7, 11) is 1.00. The van der Waals surface area contributed by atoms with E-state index in [0.29, 0.717) is 23.2 Å². The summed E-state index contributed by atoms with van der Waals surface area (Å²) in [4.78, 5) is 13.4. The van der Waals surface area contributed by atoms with E-state index in [0.717, 1.165) is 20.0 Å². The van der Waals surface area contributed by atoms with Crippen LogP contribution in [0.25, 0.3) is 0 Å². The van der Waals surface area contributed by atoms with Gasteiger partial charge in [0.15, 0.2) is 0 Å². The third kappa shape index (κ3) is 4.19. The number of quaternary nitrogens is 1. The Morgan fingerprint density at radius 2 is 1.31 bits per heavy atom. The summed E-state index contributed by atoms with van der Waals surface area (Å²) in [5.41, 5.74) is -0.671. The van der Waals surface area contributed by atoms with Gasteiger partial charge in [0.25, 0.3) is 0 Å². The number of aliphatic hydroxyl groups excluding tert-OH is 1. The van der Waals surface area contributed by atoms with E-state index in [4.69, 9.17) is 9.84 Å². The first-order valence-electron chi connectivity index (χ1n) is 11.5. The van der Waals surface area contributed by atoms with Gasteiger partial charge in [-0.05, 0) is 11.1 Å². The number of halogens is 1. The Labute approximate surface area is 197 Å². The number of rotatable bonds is 4. The molecule has 3 aliphatic heterocycles. The van der Waals surface area contributed by atoms with E-state index in [9.17, 15) is 9.90 Å². The SMILES string of the molecule is CO.O=C(OC1C[C@H]2CC[C@@H](C1)[N+]21CCCC1)C(O)(c1ccccc1)c1ccccc1.[Cl-]. The smallest absolute Gasteiger partial charge is 0.347 e. The molecule has 0 saturated carbocycles. The minimum Gasteiger partial charge on any atom is -1.00 e. The molecular formula is C26H34ClNO4. The van der Waals surface area contributed by atoms with Gasteiger partial charge in [-0.3, -0.25) is 0 Å². The second kappa shape index (κ2) is 10.3. The third-order valence-corrected chi connectivity index (χ3v) is 7.71. The molecule has 1 spiro atoms. The highest BCUT2D eigenvalue weighted by molar-refractivity contribution is 5.85. The van der Waals surface area contributed by atoms with Crippen molar-refractivity contribution in [2.24, 2.45) is 0 Å². The van der Waals surface area contributed by atoms with Crippen LogP contribution < -0.4 is 12.4 Å². The van der Waals surface area contributed by atoms with Crippen molar-refractivity contribution in [1.82, 2.24) is 0 Å². The maximum absolute atomic E-state index is 13.4. The average Bonchev–Trinajstić information content (AvgIpc) is 3.37. The monoisotopic (exact) mass is 459 g/mol. The molecule has 0 radical (unpaired) electrons. The first kappa shape index (κ1) is 24.7. The predicted octanol–water partition coefficient (Wildman–Crippen LogP) is 0.382. The van der Waals surface area contributed by atoms with E-state index in [1.54, 1.807) is 24.3 Å². The molecule has 174 valence electrons. The Kier molecular flexibility index (Phi) is 7.99. The molecule has 32 heavy (non-hydrogen) atoms. The van der Waals surface area contributed by atoms with Gasteiger partial charge in [0, 0.05) is 45.6 Å². The molecule has 5 nitrogen and oxygen atoms in total. The topological polar surface area (TPSA) is 66.8 Å². The number of piperidine rings is 1. The Morgan fingerprint density at radius 3 is 1.75 bits per heavy atom. The molecule has 3 saturated heterocycles. The lowest BCUT2D eigenvalue weighted by Gasteiger charge is -2.47. The minimum atomic E-state index is -1.78. The van der Waals surface area contributed by atoms with Crippen molar-refractivity contribution < 1.29 is 36.6 Å². The zero-order chi connectivity index (χ0) is 21.9. The average molecular weight is 460 g/mol. The van der Waals surface area contributed by atoms with Crippen LogP contribution in [0.4, 0.5) is 0 Å². The lowest BCUT2D eigenvalue weighted by molar-refractivity contribution is -0.956. The summed E-state index contributed by atoms with van der Waals surface area (Å²) in [6.07, 6.45) is 6.94. The fraction of sp³-hybridized carbons (Fsp3) is 0.500. The van der Waals surface area contributed by atoms with E-state index in [1.807, 2.05) is 36.4 Å². The highest BCUT2D eigenvalue weighted by Gasteiger charge is 2.56. The zero-order valence-electron chi connectivity index (χ0n) is 18.7. The van der Waals surface area contributed by atoms with Gasteiger partial charge < -0.3 is 31.8 Å². The van der Waals surface area contributed by atoms with Crippen molar-refractivity contribution in [1.29, 1.82) is 0 Å². The van der Waals surface area contributed by atoms with Crippen molar-refractivity contribution in [2.75, 3.05) is 20.2 Å². The minimum absolute atomic E-state index is 0. The number of carbonyl (C=O) groups excluding carboxylic acids is 1. The standard InChI is InChI=1S/C25H30NO3.CH4O.ClH/c27-24(25(28,19-9-3-1-4-10-19)20-11-5-2-6-12-20)29-23-17-21-13-14-22(18-23)26(21)15-7-8-16-26;1-2;/h1-6,9-12,21-23,28H,7-8,13-18H2;2H,1H3;1H/q+1;;/p-1/t21-,22+,23?;;. The second-order valence-corrected chi connectivity index (χ2v) is 9.08. The molecule has 1 unspecified atom stereocenters. The Balaban J connectivity index is 0.000000938. The maximum Gasteiger partial charge on any atom is 0.347 e. The number of carbonyl (C=O) groups is 1. The van der Waals surface area contributed by atoms with Crippen molar-refractivity contribution >= 4 is 5.97 Å². The normalized spacial score (nSPS) is 25.4. The lowest BCUT2D eigenvalue weighted by Crippen LogP contribution is -3.00. The first-order chi connectivity index (χ1) is 15.1. The van der Waals surface area contributed by atoms with Crippen LogP contribution in [-0.2, 0) is 15.1 Å². The summed E-state index contributed by atoms with van der Waals surface area (Å²) in [6, 6.07) is 19.6. The number of hydrogen-bond donors (Lipinski definition) is 2. The Bertz CT molecular complexity index is 814. The first-order valence-corrected chi connectivity index (χ1v) is 11.5. The van der Waals surface area contributed by atoms with E-state index in [1.165, 1.54) is 43.3 Å². The molecule has 2 aromatic carbocycles. The van der Waals surface area contributed by atoms with Gasteiger partial charge in [-0.25, -0.2) is 4.79 Å². The van der Waals surface area contributed by atoms with Crippen LogP contribution in [0, 0.1) is 0 Å². The highest BCUT2D eigenvalue weighted by atomic mass is 35.5. The Hall–Kier alpha value is -1.92. The predicted molar refractivity (Wildman–Crippen MR) is 119 cm³/mol. The van der Waals surface area contributed by atoms with Crippen molar-refractivity contribution in [2.45, 2.75) is 62.3 Å². The number of ether oxygens (including phenoxy) is 1. The molecular weight excluding hydrogens is 426 g/mol.